The van der Waals surface area contributed by atoms with Gasteiger partial charge in [-0.1, -0.05) is 23.5 Å². The molecule has 1 amide bonds. The molecule has 5 nitrogen and oxygen atoms in total. The maximum Gasteiger partial charge on any atom is 0.406 e. The third-order valence-electron chi connectivity index (χ3n) is 2.33. The van der Waals surface area contributed by atoms with Crippen LogP contribution in [0.2, 0.25) is 0 Å². The molecule has 1 heterocycles. The Morgan fingerprint density at radius 1 is 1.47 bits per heavy atom. The van der Waals surface area contributed by atoms with Gasteiger partial charge >= 0.3 is 11.0 Å². The van der Waals surface area contributed by atoms with Crippen molar-refractivity contribution in [3.63, 3.8) is 0 Å². The van der Waals surface area contributed by atoms with Crippen molar-refractivity contribution in [3.8, 4) is 0 Å². The van der Waals surface area contributed by atoms with Crippen molar-refractivity contribution in [3.05, 3.63) is 33.9 Å². The van der Waals surface area contributed by atoms with E-state index in [1.165, 1.54) is 18.4 Å². The summed E-state index contributed by atoms with van der Waals surface area (Å²) in [5.41, 5.74) is 0.878. The molecule has 0 aliphatic rings. The van der Waals surface area contributed by atoms with Crippen LogP contribution in [-0.4, -0.2) is 24.3 Å². The number of amides is 1. The van der Waals surface area contributed by atoms with Gasteiger partial charge in [-0.2, -0.15) is 0 Å². The molecular formula is C11H12N2O3S. The molecule has 0 spiro atoms. The summed E-state index contributed by atoms with van der Waals surface area (Å²) in [6.45, 7) is 0.552. The van der Waals surface area contributed by atoms with Gasteiger partial charge in [-0.15, -0.1) is 0 Å². The molecular weight excluding hydrogens is 240 g/mol. The van der Waals surface area contributed by atoms with Crippen molar-refractivity contribution in [2.45, 2.75) is 6.54 Å². The smallest absolute Gasteiger partial charge is 0.406 e. The van der Waals surface area contributed by atoms with Gasteiger partial charge in [0.15, 0.2) is 0 Å². The fourth-order valence-electron chi connectivity index (χ4n) is 1.53. The fourth-order valence-corrected chi connectivity index (χ4v) is 2.44. The number of benzene rings is 1. The lowest BCUT2D eigenvalue weighted by molar-refractivity contribution is 0.144. The number of ether oxygens (including phenoxy) is 1. The minimum Gasteiger partial charge on any atom is -0.448 e. The van der Waals surface area contributed by atoms with Crippen molar-refractivity contribution in [1.29, 1.82) is 0 Å². The first-order valence-electron chi connectivity index (χ1n) is 5.15. The summed E-state index contributed by atoms with van der Waals surface area (Å²) in [5, 5.41) is 2.35. The summed E-state index contributed by atoms with van der Waals surface area (Å²) in [6, 6.07) is 7.55. The molecule has 0 saturated heterocycles. The largest absolute Gasteiger partial charge is 0.448 e. The van der Waals surface area contributed by atoms with Gasteiger partial charge in [0.1, 0.15) is 6.61 Å². The van der Waals surface area contributed by atoms with E-state index in [4.69, 9.17) is 4.74 Å². The molecule has 0 radical (unpaired) electrons. The number of carbonyl (C=O) groups is 1. The first kappa shape index (κ1) is 11.7. The van der Waals surface area contributed by atoms with Crippen LogP contribution in [0, 0.1) is 0 Å². The van der Waals surface area contributed by atoms with E-state index in [0.29, 0.717) is 6.54 Å². The predicted molar refractivity (Wildman–Crippen MR) is 66.5 cm³/mol. The van der Waals surface area contributed by atoms with Gasteiger partial charge in [0.2, 0.25) is 0 Å². The van der Waals surface area contributed by atoms with Crippen LogP contribution >= 0.6 is 11.3 Å². The molecule has 0 saturated carbocycles. The third kappa shape index (κ3) is 2.47. The number of nitrogens with zero attached hydrogens (tertiary/aromatic N) is 1. The normalized spacial score (nSPS) is 10.4. The summed E-state index contributed by atoms with van der Waals surface area (Å²) in [7, 11) is 1.49. The molecule has 2 rings (SSSR count). The first-order chi connectivity index (χ1) is 8.22. The van der Waals surface area contributed by atoms with Gasteiger partial charge in [0, 0.05) is 7.05 Å². The van der Waals surface area contributed by atoms with Gasteiger partial charge in [0.05, 0.1) is 16.8 Å². The average molecular weight is 252 g/mol. The van der Waals surface area contributed by atoms with Crippen LogP contribution in [-0.2, 0) is 11.3 Å². The van der Waals surface area contributed by atoms with Crippen LogP contribution in [0.15, 0.2) is 29.1 Å². The number of rotatable bonds is 3. The zero-order chi connectivity index (χ0) is 12.3. The van der Waals surface area contributed by atoms with Gasteiger partial charge in [0.25, 0.3) is 0 Å². The van der Waals surface area contributed by atoms with Gasteiger partial charge in [-0.3, -0.25) is 9.36 Å². The lowest BCUT2D eigenvalue weighted by Crippen LogP contribution is -2.23. The zero-order valence-electron chi connectivity index (χ0n) is 9.30. The molecule has 0 atom stereocenters. The van der Waals surface area contributed by atoms with Crippen LogP contribution in [0.5, 0.6) is 0 Å². The molecule has 2 aromatic rings. The van der Waals surface area contributed by atoms with Crippen LogP contribution in [0.4, 0.5) is 4.79 Å². The quantitative estimate of drug-likeness (QED) is 0.898. The molecule has 1 aromatic heterocycles. The van der Waals surface area contributed by atoms with Crippen molar-refractivity contribution in [1.82, 2.24) is 9.88 Å². The second-order valence-corrected chi connectivity index (χ2v) is 4.37. The van der Waals surface area contributed by atoms with E-state index in [1.54, 1.807) is 4.57 Å². The highest BCUT2D eigenvalue weighted by Crippen LogP contribution is 2.15. The van der Waals surface area contributed by atoms with Crippen LogP contribution < -0.4 is 10.2 Å². The number of nitrogens with one attached hydrogen (secondary N) is 1. The molecule has 90 valence electrons. The SMILES string of the molecule is CNC(=O)OCCn1c(=O)sc2ccccc21. The minimum atomic E-state index is -0.488. The number of hydrogen-bond donors (Lipinski definition) is 1. The van der Waals surface area contributed by atoms with Gasteiger partial charge in [-0.25, -0.2) is 4.79 Å². The molecule has 1 aromatic carbocycles. The number of fused-ring (bicyclic) bond motifs is 1. The summed E-state index contributed by atoms with van der Waals surface area (Å²) in [6.07, 6.45) is -0.488. The third-order valence-corrected chi connectivity index (χ3v) is 3.29. The van der Waals surface area contributed by atoms with Crippen LogP contribution in [0.1, 0.15) is 0 Å². The highest BCUT2D eigenvalue weighted by Gasteiger charge is 2.07. The predicted octanol–water partition coefficient (Wildman–Crippen LogP) is 1.42. The number of alkyl carbamates (subject to hydrolysis) is 1. The number of hydrogen-bond acceptors (Lipinski definition) is 4. The van der Waals surface area contributed by atoms with E-state index in [9.17, 15) is 9.59 Å². The molecule has 0 fully saturated rings. The molecule has 0 aliphatic heterocycles. The number of carbonyl (C=O) groups excluding carboxylic acids is 1. The lowest BCUT2D eigenvalue weighted by Gasteiger charge is -2.05. The molecule has 1 N–H and O–H groups in total. The molecule has 0 unspecified atom stereocenters. The Bertz CT molecular complexity index is 588. The van der Waals surface area contributed by atoms with Crippen molar-refractivity contribution >= 4 is 27.6 Å². The maximum atomic E-state index is 11.7. The Kier molecular flexibility index (Phi) is 3.43. The van der Waals surface area contributed by atoms with Crippen LogP contribution in [0.3, 0.4) is 0 Å². The van der Waals surface area contributed by atoms with E-state index in [0.717, 1.165) is 10.2 Å². The Labute approximate surface area is 102 Å². The lowest BCUT2D eigenvalue weighted by atomic mass is 10.3. The minimum absolute atomic E-state index is 0.0355. The average Bonchev–Trinajstić information content (AvgIpc) is 2.66. The van der Waals surface area contributed by atoms with E-state index in [2.05, 4.69) is 5.32 Å². The summed E-state index contributed by atoms with van der Waals surface area (Å²) in [5.74, 6) is 0. The Balaban J connectivity index is 2.15. The monoisotopic (exact) mass is 252 g/mol. The highest BCUT2D eigenvalue weighted by atomic mass is 32.1. The standard InChI is InChI=1S/C11H12N2O3S/c1-12-10(14)16-7-6-13-8-4-2-3-5-9(8)17-11(13)15/h2-5H,6-7H2,1H3,(H,12,14). The van der Waals surface area contributed by atoms with Crippen molar-refractivity contribution < 1.29 is 9.53 Å². The number of para-hydroxylation sites is 1. The molecule has 6 heteroatoms. The Morgan fingerprint density at radius 3 is 3.00 bits per heavy atom. The van der Waals surface area contributed by atoms with E-state index >= 15 is 0 Å². The van der Waals surface area contributed by atoms with E-state index < -0.39 is 6.09 Å². The molecule has 0 aliphatic carbocycles. The molecule has 17 heavy (non-hydrogen) atoms. The highest BCUT2D eigenvalue weighted by molar-refractivity contribution is 7.16. The number of aromatic nitrogens is 1. The van der Waals surface area contributed by atoms with Gasteiger partial charge in [-0.05, 0) is 12.1 Å². The second-order valence-electron chi connectivity index (χ2n) is 3.37. The Morgan fingerprint density at radius 2 is 2.24 bits per heavy atom. The topological polar surface area (TPSA) is 60.3 Å². The number of thiazole rings is 1. The van der Waals surface area contributed by atoms with Gasteiger partial charge < -0.3 is 10.1 Å². The zero-order valence-corrected chi connectivity index (χ0v) is 10.1. The second kappa shape index (κ2) is 5.01. The Hall–Kier alpha value is -1.82. The van der Waals surface area contributed by atoms with Crippen molar-refractivity contribution in [2.24, 2.45) is 0 Å². The summed E-state index contributed by atoms with van der Waals surface area (Å²) in [4.78, 5) is 22.5. The van der Waals surface area contributed by atoms with E-state index in [1.807, 2.05) is 24.3 Å². The summed E-state index contributed by atoms with van der Waals surface area (Å²) >= 11 is 1.19. The summed E-state index contributed by atoms with van der Waals surface area (Å²) < 4.78 is 7.42. The molecule has 0 bridgehead atoms. The van der Waals surface area contributed by atoms with E-state index in [-0.39, 0.29) is 11.5 Å². The first-order valence-corrected chi connectivity index (χ1v) is 5.97. The van der Waals surface area contributed by atoms with Crippen LogP contribution in [0.25, 0.3) is 10.2 Å². The fraction of sp³-hybridized carbons (Fsp3) is 0.273. The van der Waals surface area contributed by atoms with Crippen molar-refractivity contribution in [2.75, 3.05) is 13.7 Å². The maximum absolute atomic E-state index is 11.7.